The molecule has 1 amide bonds. The number of sulfone groups is 1. The molecule has 1 aromatic heterocycles. The van der Waals surface area contributed by atoms with Crippen LogP contribution in [0, 0.1) is 5.82 Å². The molecule has 0 saturated heterocycles. The minimum absolute atomic E-state index is 0.0223. The van der Waals surface area contributed by atoms with Crippen LogP contribution in [0.2, 0.25) is 0 Å². The minimum atomic E-state index is -3.68. The van der Waals surface area contributed by atoms with E-state index in [9.17, 15) is 17.6 Å². The Balaban J connectivity index is 1.85. The fourth-order valence-corrected chi connectivity index (χ4v) is 5.03. The Kier molecular flexibility index (Phi) is 5.03. The Morgan fingerprint density at radius 3 is 2.44 bits per heavy atom. The lowest BCUT2D eigenvalue weighted by molar-refractivity contribution is 0.103. The predicted octanol–water partition coefficient (Wildman–Crippen LogP) is 4.73. The van der Waals surface area contributed by atoms with Gasteiger partial charge >= 0.3 is 0 Å². The van der Waals surface area contributed by atoms with E-state index in [0.717, 1.165) is 11.3 Å². The van der Waals surface area contributed by atoms with Crippen molar-refractivity contribution in [2.24, 2.45) is 0 Å². The number of hydrogen-bond donors (Lipinski definition) is 1. The van der Waals surface area contributed by atoms with Gasteiger partial charge in [-0.25, -0.2) is 12.8 Å². The van der Waals surface area contributed by atoms with Gasteiger partial charge in [0.25, 0.3) is 5.91 Å². The van der Waals surface area contributed by atoms with Gasteiger partial charge in [0.15, 0.2) is 0 Å². The molecule has 0 aliphatic carbocycles. The van der Waals surface area contributed by atoms with Crippen molar-refractivity contribution in [2.45, 2.75) is 9.10 Å². The first-order valence-electron chi connectivity index (χ1n) is 7.04. The number of nitrogens with one attached hydrogen (secondary N) is 1. The van der Waals surface area contributed by atoms with Gasteiger partial charge < -0.3 is 5.32 Å². The lowest BCUT2D eigenvalue weighted by atomic mass is 10.3. The number of carbonyl (C=O) groups excluding carboxylic acids is 1. The summed E-state index contributed by atoms with van der Waals surface area (Å²) in [5.41, 5.74) is 0.0223. The van der Waals surface area contributed by atoms with E-state index in [2.05, 4.69) is 21.2 Å². The van der Waals surface area contributed by atoms with Crippen LogP contribution in [0.5, 0.6) is 0 Å². The maximum Gasteiger partial charge on any atom is 0.265 e. The van der Waals surface area contributed by atoms with Crippen molar-refractivity contribution in [2.75, 3.05) is 5.32 Å². The van der Waals surface area contributed by atoms with Gasteiger partial charge in [-0.1, -0.05) is 34.1 Å². The molecule has 2 aromatic carbocycles. The van der Waals surface area contributed by atoms with Crippen molar-refractivity contribution in [1.29, 1.82) is 0 Å². The fraction of sp³-hybridized carbons (Fsp3) is 0. The predicted molar refractivity (Wildman–Crippen MR) is 98.3 cm³/mol. The van der Waals surface area contributed by atoms with E-state index < -0.39 is 21.6 Å². The van der Waals surface area contributed by atoms with Gasteiger partial charge in [-0.05, 0) is 42.5 Å². The Morgan fingerprint density at radius 2 is 1.76 bits per heavy atom. The number of rotatable bonds is 4. The second-order valence-corrected chi connectivity index (χ2v) is 9.19. The summed E-state index contributed by atoms with van der Waals surface area (Å²) in [6, 6.07) is 15.0. The SMILES string of the molecule is O=C(Nc1ccc(Br)cc1F)c1ccc(S(=O)(=O)c2ccccc2)s1. The van der Waals surface area contributed by atoms with Crippen LogP contribution in [0.15, 0.2) is 74.2 Å². The Bertz CT molecular complexity index is 1030. The summed E-state index contributed by atoms with van der Waals surface area (Å²) in [7, 11) is -3.68. The van der Waals surface area contributed by atoms with Crippen LogP contribution in [0.3, 0.4) is 0 Å². The van der Waals surface area contributed by atoms with Gasteiger partial charge in [0.1, 0.15) is 10.0 Å². The van der Waals surface area contributed by atoms with Crippen LogP contribution in [-0.2, 0) is 9.84 Å². The highest BCUT2D eigenvalue weighted by Crippen LogP contribution is 2.28. The van der Waals surface area contributed by atoms with Crippen molar-refractivity contribution >= 4 is 48.7 Å². The first-order chi connectivity index (χ1) is 11.9. The van der Waals surface area contributed by atoms with Crippen molar-refractivity contribution in [3.8, 4) is 0 Å². The molecule has 0 fully saturated rings. The number of benzene rings is 2. The fourth-order valence-electron chi connectivity index (χ4n) is 2.08. The highest BCUT2D eigenvalue weighted by Gasteiger charge is 2.21. The molecule has 25 heavy (non-hydrogen) atoms. The Labute approximate surface area is 156 Å². The molecule has 1 N–H and O–H groups in total. The van der Waals surface area contributed by atoms with Crippen LogP contribution in [0.25, 0.3) is 0 Å². The van der Waals surface area contributed by atoms with E-state index in [0.29, 0.717) is 4.47 Å². The molecule has 1 heterocycles. The maximum absolute atomic E-state index is 13.8. The van der Waals surface area contributed by atoms with Crippen molar-refractivity contribution < 1.29 is 17.6 Å². The average Bonchev–Trinajstić information content (AvgIpc) is 3.09. The number of hydrogen-bond acceptors (Lipinski definition) is 4. The smallest absolute Gasteiger partial charge is 0.265 e. The molecule has 0 spiro atoms. The molecule has 3 rings (SSSR count). The monoisotopic (exact) mass is 439 g/mol. The van der Waals surface area contributed by atoms with Crippen LogP contribution in [0.1, 0.15) is 9.67 Å². The van der Waals surface area contributed by atoms with Crippen molar-refractivity contribution in [1.82, 2.24) is 0 Å². The van der Waals surface area contributed by atoms with Crippen LogP contribution in [0.4, 0.5) is 10.1 Å². The lowest BCUT2D eigenvalue weighted by Crippen LogP contribution is -2.11. The highest BCUT2D eigenvalue weighted by molar-refractivity contribution is 9.10. The van der Waals surface area contributed by atoms with Crippen LogP contribution < -0.4 is 5.32 Å². The summed E-state index contributed by atoms with van der Waals surface area (Å²) in [6.45, 7) is 0. The topological polar surface area (TPSA) is 63.2 Å². The van der Waals surface area contributed by atoms with Crippen molar-refractivity contribution in [3.63, 3.8) is 0 Å². The van der Waals surface area contributed by atoms with Crippen LogP contribution in [-0.4, -0.2) is 14.3 Å². The molecule has 128 valence electrons. The first kappa shape index (κ1) is 17.8. The van der Waals surface area contributed by atoms with Gasteiger partial charge in [0.05, 0.1) is 15.5 Å². The second kappa shape index (κ2) is 7.07. The summed E-state index contributed by atoms with van der Waals surface area (Å²) in [5.74, 6) is -1.16. The van der Waals surface area contributed by atoms with Gasteiger partial charge in [0, 0.05) is 4.47 Å². The molecule has 0 aliphatic rings. The van der Waals surface area contributed by atoms with E-state index in [1.54, 1.807) is 24.3 Å². The summed E-state index contributed by atoms with van der Waals surface area (Å²) < 4.78 is 39.5. The molecule has 0 unspecified atom stereocenters. The number of thiophene rings is 1. The van der Waals surface area contributed by atoms with Gasteiger partial charge in [-0.15, -0.1) is 11.3 Å². The van der Waals surface area contributed by atoms with Crippen LogP contribution >= 0.6 is 27.3 Å². The Hall–Kier alpha value is -2.03. The molecule has 0 atom stereocenters. The number of halogens is 2. The number of carbonyl (C=O) groups is 1. The summed E-state index contributed by atoms with van der Waals surface area (Å²) >= 11 is 3.98. The molecule has 0 aliphatic heterocycles. The Morgan fingerprint density at radius 1 is 1.04 bits per heavy atom. The van der Waals surface area contributed by atoms with E-state index >= 15 is 0 Å². The standard InChI is InChI=1S/C17H11BrFNO3S2/c18-11-6-7-14(13(19)10-11)20-17(21)15-8-9-16(24-15)25(22,23)12-4-2-1-3-5-12/h1-10H,(H,20,21). The summed E-state index contributed by atoms with van der Waals surface area (Å²) in [5, 5.41) is 2.44. The van der Waals surface area contributed by atoms with Gasteiger partial charge in [-0.3, -0.25) is 4.79 Å². The average molecular weight is 440 g/mol. The molecule has 3 aromatic rings. The van der Waals surface area contributed by atoms with E-state index in [4.69, 9.17) is 0 Å². The molecular weight excluding hydrogens is 429 g/mol. The molecule has 0 bridgehead atoms. The second-order valence-electron chi connectivity index (χ2n) is 5.01. The van der Waals surface area contributed by atoms with E-state index in [1.165, 1.54) is 36.4 Å². The lowest BCUT2D eigenvalue weighted by Gasteiger charge is -2.05. The maximum atomic E-state index is 13.8. The molecule has 8 heteroatoms. The largest absolute Gasteiger partial charge is 0.319 e. The molecule has 4 nitrogen and oxygen atoms in total. The van der Waals surface area contributed by atoms with Gasteiger partial charge in [0.2, 0.25) is 9.84 Å². The third kappa shape index (κ3) is 3.81. The first-order valence-corrected chi connectivity index (χ1v) is 10.1. The highest BCUT2D eigenvalue weighted by atomic mass is 79.9. The van der Waals surface area contributed by atoms with E-state index in [-0.39, 0.29) is 19.7 Å². The minimum Gasteiger partial charge on any atom is -0.319 e. The molecule has 0 saturated carbocycles. The summed E-state index contributed by atoms with van der Waals surface area (Å²) in [4.78, 5) is 12.6. The third-order valence-electron chi connectivity index (χ3n) is 3.30. The quantitative estimate of drug-likeness (QED) is 0.638. The van der Waals surface area contributed by atoms with E-state index in [1.807, 2.05) is 0 Å². The zero-order valence-electron chi connectivity index (χ0n) is 12.6. The third-order valence-corrected chi connectivity index (χ3v) is 7.14. The molecular formula is C17H11BrFNO3S2. The number of amides is 1. The molecule has 0 radical (unpaired) electrons. The zero-order valence-corrected chi connectivity index (χ0v) is 15.8. The summed E-state index contributed by atoms with van der Waals surface area (Å²) in [6.07, 6.45) is 0. The van der Waals surface area contributed by atoms with Gasteiger partial charge in [-0.2, -0.15) is 0 Å². The van der Waals surface area contributed by atoms with Crippen molar-refractivity contribution in [3.05, 3.63) is 75.8 Å². The zero-order chi connectivity index (χ0) is 18.0. The number of anilines is 1. The normalized spacial score (nSPS) is 11.3.